The molecular formula is C16H23N. The predicted molar refractivity (Wildman–Crippen MR) is 72.0 cm³/mol. The first-order valence-electron chi connectivity index (χ1n) is 7.19. The van der Waals surface area contributed by atoms with Gasteiger partial charge in [0.05, 0.1) is 0 Å². The third kappa shape index (κ3) is 2.13. The van der Waals surface area contributed by atoms with Crippen LogP contribution in [0.15, 0.2) is 18.2 Å². The summed E-state index contributed by atoms with van der Waals surface area (Å²) in [5.74, 6) is 0. The van der Waals surface area contributed by atoms with Crippen LogP contribution >= 0.6 is 0 Å². The number of benzene rings is 1. The smallest absolute Gasteiger partial charge is 0.0409 e. The molecule has 0 bridgehead atoms. The molecule has 0 heterocycles. The summed E-state index contributed by atoms with van der Waals surface area (Å²) >= 11 is 0. The van der Waals surface area contributed by atoms with Crippen molar-refractivity contribution in [3.05, 3.63) is 34.9 Å². The minimum absolute atomic E-state index is 0.0336. The van der Waals surface area contributed by atoms with Gasteiger partial charge in [-0.15, -0.1) is 0 Å². The van der Waals surface area contributed by atoms with Gasteiger partial charge in [0, 0.05) is 5.54 Å². The molecule has 2 aliphatic rings. The van der Waals surface area contributed by atoms with Gasteiger partial charge in [0.1, 0.15) is 0 Å². The molecule has 1 heteroatoms. The van der Waals surface area contributed by atoms with Crippen LogP contribution in [0.25, 0.3) is 0 Å². The molecule has 2 aliphatic carbocycles. The first kappa shape index (κ1) is 11.3. The molecule has 0 amide bonds. The Morgan fingerprint density at radius 3 is 2.29 bits per heavy atom. The number of aryl methyl sites for hydroxylation is 2. The molecule has 0 radical (unpaired) electrons. The van der Waals surface area contributed by atoms with Crippen LogP contribution in [0.4, 0.5) is 0 Å². The van der Waals surface area contributed by atoms with Crippen molar-refractivity contribution in [3.8, 4) is 0 Å². The van der Waals surface area contributed by atoms with Gasteiger partial charge in [0.2, 0.25) is 0 Å². The third-order valence-electron chi connectivity index (χ3n) is 4.67. The van der Waals surface area contributed by atoms with Gasteiger partial charge >= 0.3 is 0 Å². The van der Waals surface area contributed by atoms with E-state index in [2.05, 4.69) is 18.2 Å². The van der Waals surface area contributed by atoms with E-state index in [1.165, 1.54) is 63.4 Å². The number of fused-ring (bicyclic) bond motifs is 1. The zero-order valence-electron chi connectivity index (χ0n) is 10.7. The summed E-state index contributed by atoms with van der Waals surface area (Å²) in [6.45, 7) is 0. The second-order valence-electron chi connectivity index (χ2n) is 5.91. The molecular weight excluding hydrogens is 206 g/mol. The van der Waals surface area contributed by atoms with Crippen LogP contribution in [-0.2, 0) is 18.4 Å². The van der Waals surface area contributed by atoms with E-state index < -0.39 is 0 Å². The van der Waals surface area contributed by atoms with E-state index in [9.17, 15) is 0 Å². The molecule has 0 aliphatic heterocycles. The van der Waals surface area contributed by atoms with Crippen LogP contribution in [0, 0.1) is 0 Å². The van der Waals surface area contributed by atoms with Gasteiger partial charge in [0.25, 0.3) is 0 Å². The summed E-state index contributed by atoms with van der Waals surface area (Å²) in [7, 11) is 0. The maximum atomic E-state index is 6.67. The molecule has 1 aromatic carbocycles. The van der Waals surface area contributed by atoms with Gasteiger partial charge in [-0.3, -0.25) is 0 Å². The van der Waals surface area contributed by atoms with E-state index in [4.69, 9.17) is 5.73 Å². The maximum absolute atomic E-state index is 6.67. The van der Waals surface area contributed by atoms with Crippen LogP contribution in [0.3, 0.4) is 0 Å². The first-order valence-corrected chi connectivity index (χ1v) is 7.19. The number of rotatable bonds is 1. The number of hydrogen-bond donors (Lipinski definition) is 1. The van der Waals surface area contributed by atoms with Crippen LogP contribution in [-0.4, -0.2) is 0 Å². The van der Waals surface area contributed by atoms with Crippen molar-refractivity contribution < 1.29 is 0 Å². The summed E-state index contributed by atoms with van der Waals surface area (Å²) in [5.41, 5.74) is 11.2. The SMILES string of the molecule is NC1(c2ccc3c(c2)CCC3)CCCCCC1. The average Bonchev–Trinajstić information content (AvgIpc) is 2.70. The normalized spacial score (nSPS) is 23.1. The topological polar surface area (TPSA) is 26.0 Å². The van der Waals surface area contributed by atoms with Crippen molar-refractivity contribution in [1.29, 1.82) is 0 Å². The molecule has 1 nitrogen and oxygen atoms in total. The van der Waals surface area contributed by atoms with Crippen molar-refractivity contribution in [2.24, 2.45) is 5.73 Å². The van der Waals surface area contributed by atoms with E-state index in [0.717, 1.165) is 0 Å². The Kier molecular flexibility index (Phi) is 2.96. The highest BCUT2D eigenvalue weighted by atomic mass is 14.7. The lowest BCUT2D eigenvalue weighted by molar-refractivity contribution is 0.385. The second-order valence-corrected chi connectivity index (χ2v) is 5.91. The summed E-state index contributed by atoms with van der Waals surface area (Å²) in [5, 5.41) is 0. The van der Waals surface area contributed by atoms with Crippen LogP contribution in [0.2, 0.25) is 0 Å². The standard InChI is InChI=1S/C16H23N/c17-16(10-3-1-2-4-11-16)15-9-8-13-6-5-7-14(13)12-15/h8-9,12H,1-7,10-11,17H2. The van der Waals surface area contributed by atoms with Crippen molar-refractivity contribution in [3.63, 3.8) is 0 Å². The Bertz CT molecular complexity index is 400. The summed E-state index contributed by atoms with van der Waals surface area (Å²) in [4.78, 5) is 0. The monoisotopic (exact) mass is 229 g/mol. The van der Waals surface area contributed by atoms with E-state index in [-0.39, 0.29) is 5.54 Å². The predicted octanol–water partition coefficient (Wildman–Crippen LogP) is 3.68. The number of nitrogens with two attached hydrogens (primary N) is 1. The second kappa shape index (κ2) is 4.45. The molecule has 92 valence electrons. The highest BCUT2D eigenvalue weighted by Gasteiger charge is 2.29. The Labute approximate surface area is 104 Å². The Balaban J connectivity index is 1.91. The van der Waals surface area contributed by atoms with Crippen LogP contribution in [0.1, 0.15) is 61.6 Å². The van der Waals surface area contributed by atoms with E-state index in [1.807, 2.05) is 0 Å². The molecule has 0 aromatic heterocycles. The fourth-order valence-corrected chi connectivity index (χ4v) is 3.53. The van der Waals surface area contributed by atoms with E-state index in [1.54, 1.807) is 11.1 Å². The number of hydrogen-bond acceptors (Lipinski definition) is 1. The van der Waals surface area contributed by atoms with Gasteiger partial charge in [0.15, 0.2) is 0 Å². The van der Waals surface area contributed by atoms with Crippen molar-refractivity contribution in [1.82, 2.24) is 0 Å². The highest BCUT2D eigenvalue weighted by molar-refractivity contribution is 5.38. The van der Waals surface area contributed by atoms with Crippen molar-refractivity contribution in [2.45, 2.75) is 63.3 Å². The summed E-state index contributed by atoms with van der Waals surface area (Å²) in [6, 6.07) is 7.04. The quantitative estimate of drug-likeness (QED) is 0.730. The molecule has 0 saturated heterocycles. The van der Waals surface area contributed by atoms with Gasteiger partial charge in [-0.2, -0.15) is 0 Å². The molecule has 17 heavy (non-hydrogen) atoms. The maximum Gasteiger partial charge on any atom is 0.0409 e. The van der Waals surface area contributed by atoms with Gasteiger partial charge < -0.3 is 5.73 Å². The van der Waals surface area contributed by atoms with Crippen molar-refractivity contribution >= 4 is 0 Å². The van der Waals surface area contributed by atoms with E-state index in [0.29, 0.717) is 0 Å². The molecule has 2 N–H and O–H groups in total. The Hall–Kier alpha value is -0.820. The third-order valence-corrected chi connectivity index (χ3v) is 4.67. The molecule has 0 unspecified atom stereocenters. The molecule has 0 atom stereocenters. The first-order chi connectivity index (χ1) is 8.28. The summed E-state index contributed by atoms with van der Waals surface area (Å²) < 4.78 is 0. The molecule has 3 rings (SSSR count). The fraction of sp³-hybridized carbons (Fsp3) is 0.625. The lowest BCUT2D eigenvalue weighted by atomic mass is 9.83. The van der Waals surface area contributed by atoms with Gasteiger partial charge in [-0.1, -0.05) is 43.9 Å². The minimum Gasteiger partial charge on any atom is -0.321 e. The van der Waals surface area contributed by atoms with Crippen LogP contribution < -0.4 is 5.73 Å². The Morgan fingerprint density at radius 1 is 0.824 bits per heavy atom. The molecule has 1 saturated carbocycles. The fourth-order valence-electron chi connectivity index (χ4n) is 3.53. The lowest BCUT2D eigenvalue weighted by Gasteiger charge is -2.29. The molecule has 1 fully saturated rings. The van der Waals surface area contributed by atoms with Gasteiger partial charge in [-0.25, -0.2) is 0 Å². The zero-order chi connectivity index (χ0) is 11.7. The van der Waals surface area contributed by atoms with Crippen LogP contribution in [0.5, 0.6) is 0 Å². The summed E-state index contributed by atoms with van der Waals surface area (Å²) in [6.07, 6.45) is 11.5. The zero-order valence-corrected chi connectivity index (χ0v) is 10.7. The molecule has 0 spiro atoms. The largest absolute Gasteiger partial charge is 0.321 e. The molecule has 1 aromatic rings. The van der Waals surface area contributed by atoms with Gasteiger partial charge in [-0.05, 0) is 48.8 Å². The Morgan fingerprint density at radius 2 is 1.53 bits per heavy atom. The van der Waals surface area contributed by atoms with E-state index >= 15 is 0 Å². The lowest BCUT2D eigenvalue weighted by Crippen LogP contribution is -2.36. The average molecular weight is 229 g/mol. The minimum atomic E-state index is -0.0336. The highest BCUT2D eigenvalue weighted by Crippen LogP contribution is 2.35. The van der Waals surface area contributed by atoms with Crippen molar-refractivity contribution in [2.75, 3.05) is 0 Å².